The highest BCUT2D eigenvalue weighted by Gasteiger charge is 2.11. The highest BCUT2D eigenvalue weighted by atomic mass is 16.5. The Morgan fingerprint density at radius 2 is 2.44 bits per heavy atom. The Bertz CT molecular complexity index is 398. The number of guanidine groups is 1. The van der Waals surface area contributed by atoms with E-state index in [-0.39, 0.29) is 6.10 Å². The van der Waals surface area contributed by atoms with E-state index in [4.69, 9.17) is 9.15 Å². The fourth-order valence-electron chi connectivity index (χ4n) is 1.75. The molecule has 2 heterocycles. The standard InChI is InChI=1S/C13H19N3O2/c1-14-13(16-10-12-6-4-8-18-12)15-9-11-5-2-3-7-17-11/h3-4,6-8,11H,2,5,9-10H2,1H3,(H2,14,15,16)/t11-/m0/s1. The summed E-state index contributed by atoms with van der Waals surface area (Å²) in [7, 11) is 1.75. The molecule has 0 bridgehead atoms. The van der Waals surface area contributed by atoms with Crippen LogP contribution in [0.25, 0.3) is 0 Å². The highest BCUT2D eigenvalue weighted by molar-refractivity contribution is 5.79. The molecule has 5 heteroatoms. The van der Waals surface area contributed by atoms with Crippen molar-refractivity contribution in [3.05, 3.63) is 36.5 Å². The number of rotatable bonds is 4. The van der Waals surface area contributed by atoms with Crippen molar-refractivity contribution in [2.75, 3.05) is 13.6 Å². The van der Waals surface area contributed by atoms with E-state index in [0.29, 0.717) is 6.54 Å². The van der Waals surface area contributed by atoms with Gasteiger partial charge in [0.25, 0.3) is 0 Å². The largest absolute Gasteiger partial charge is 0.497 e. The first kappa shape index (κ1) is 12.5. The van der Waals surface area contributed by atoms with Gasteiger partial charge < -0.3 is 19.8 Å². The van der Waals surface area contributed by atoms with Gasteiger partial charge in [-0.15, -0.1) is 0 Å². The summed E-state index contributed by atoms with van der Waals surface area (Å²) in [5.41, 5.74) is 0. The van der Waals surface area contributed by atoms with Gasteiger partial charge in [-0.2, -0.15) is 0 Å². The molecule has 0 aromatic carbocycles. The van der Waals surface area contributed by atoms with Crippen LogP contribution in [0.1, 0.15) is 18.6 Å². The molecule has 1 aliphatic heterocycles. The van der Waals surface area contributed by atoms with Crippen molar-refractivity contribution in [1.82, 2.24) is 10.6 Å². The van der Waals surface area contributed by atoms with Gasteiger partial charge in [0.05, 0.1) is 25.6 Å². The fourth-order valence-corrected chi connectivity index (χ4v) is 1.75. The smallest absolute Gasteiger partial charge is 0.191 e. The molecule has 1 aliphatic rings. The second-order valence-electron chi connectivity index (χ2n) is 4.09. The molecule has 5 nitrogen and oxygen atoms in total. The third-order valence-corrected chi connectivity index (χ3v) is 2.75. The average molecular weight is 249 g/mol. The predicted octanol–water partition coefficient (Wildman–Crippen LogP) is 1.64. The third-order valence-electron chi connectivity index (χ3n) is 2.75. The van der Waals surface area contributed by atoms with Gasteiger partial charge in [0.15, 0.2) is 5.96 Å². The zero-order chi connectivity index (χ0) is 12.6. The molecule has 0 radical (unpaired) electrons. The van der Waals surface area contributed by atoms with Gasteiger partial charge in [-0.3, -0.25) is 4.99 Å². The zero-order valence-electron chi connectivity index (χ0n) is 10.6. The summed E-state index contributed by atoms with van der Waals surface area (Å²) in [6, 6.07) is 3.80. The van der Waals surface area contributed by atoms with E-state index in [1.54, 1.807) is 19.6 Å². The highest BCUT2D eigenvalue weighted by Crippen LogP contribution is 2.08. The minimum Gasteiger partial charge on any atom is -0.497 e. The Morgan fingerprint density at radius 3 is 3.11 bits per heavy atom. The van der Waals surface area contributed by atoms with Gasteiger partial charge >= 0.3 is 0 Å². The summed E-state index contributed by atoms with van der Waals surface area (Å²) in [5.74, 6) is 1.64. The van der Waals surface area contributed by atoms with Crippen molar-refractivity contribution in [3.8, 4) is 0 Å². The predicted molar refractivity (Wildman–Crippen MR) is 70.2 cm³/mol. The topological polar surface area (TPSA) is 58.8 Å². The Labute approximate surface area is 107 Å². The Hall–Kier alpha value is -1.91. The van der Waals surface area contributed by atoms with Crippen LogP contribution in [0.15, 0.2) is 40.1 Å². The van der Waals surface area contributed by atoms with Crippen LogP contribution in [0, 0.1) is 0 Å². The molecule has 1 atom stereocenters. The van der Waals surface area contributed by atoms with Crippen molar-refractivity contribution >= 4 is 5.96 Å². The molecule has 2 N–H and O–H groups in total. The van der Waals surface area contributed by atoms with Crippen LogP contribution < -0.4 is 10.6 Å². The first-order valence-electron chi connectivity index (χ1n) is 6.16. The van der Waals surface area contributed by atoms with Crippen molar-refractivity contribution < 1.29 is 9.15 Å². The summed E-state index contributed by atoms with van der Waals surface area (Å²) in [6.45, 7) is 1.38. The molecule has 0 aliphatic carbocycles. The van der Waals surface area contributed by atoms with Crippen molar-refractivity contribution in [2.24, 2.45) is 4.99 Å². The number of allylic oxidation sites excluding steroid dienone is 1. The monoisotopic (exact) mass is 249 g/mol. The SMILES string of the molecule is CN=C(NCc1ccco1)NC[C@@H]1CCC=CO1. The van der Waals surface area contributed by atoms with Crippen molar-refractivity contribution in [2.45, 2.75) is 25.5 Å². The number of furan rings is 1. The van der Waals surface area contributed by atoms with E-state index in [1.165, 1.54) is 0 Å². The van der Waals surface area contributed by atoms with Gasteiger partial charge in [0, 0.05) is 7.05 Å². The lowest BCUT2D eigenvalue weighted by molar-refractivity contribution is 0.127. The van der Waals surface area contributed by atoms with Crippen LogP contribution in [0.5, 0.6) is 0 Å². The van der Waals surface area contributed by atoms with Crippen LogP contribution in [0.2, 0.25) is 0 Å². The molecular weight excluding hydrogens is 230 g/mol. The maximum absolute atomic E-state index is 5.48. The molecule has 0 unspecified atom stereocenters. The minimum absolute atomic E-state index is 0.220. The van der Waals surface area contributed by atoms with E-state index < -0.39 is 0 Å². The Kier molecular flexibility index (Phi) is 4.69. The van der Waals surface area contributed by atoms with E-state index in [9.17, 15) is 0 Å². The summed E-state index contributed by atoms with van der Waals surface area (Å²) < 4.78 is 10.7. The molecule has 1 aromatic rings. The second kappa shape index (κ2) is 6.74. The lowest BCUT2D eigenvalue weighted by atomic mass is 10.1. The Morgan fingerprint density at radius 1 is 1.50 bits per heavy atom. The van der Waals surface area contributed by atoms with Crippen LogP contribution in [0.4, 0.5) is 0 Å². The molecule has 1 aromatic heterocycles. The van der Waals surface area contributed by atoms with E-state index >= 15 is 0 Å². The van der Waals surface area contributed by atoms with Gasteiger partial charge in [-0.25, -0.2) is 0 Å². The zero-order valence-corrected chi connectivity index (χ0v) is 10.6. The van der Waals surface area contributed by atoms with Crippen LogP contribution in [-0.4, -0.2) is 25.7 Å². The Balaban J connectivity index is 1.70. The molecule has 0 saturated carbocycles. The molecule has 0 fully saturated rings. The van der Waals surface area contributed by atoms with E-state index in [1.807, 2.05) is 18.2 Å². The van der Waals surface area contributed by atoms with Gasteiger partial charge in [-0.05, 0) is 31.1 Å². The number of nitrogens with zero attached hydrogens (tertiary/aromatic N) is 1. The summed E-state index contributed by atoms with van der Waals surface area (Å²) in [6.07, 6.45) is 7.81. The average Bonchev–Trinajstić information content (AvgIpc) is 2.93. The third kappa shape index (κ3) is 3.84. The molecule has 0 spiro atoms. The lowest BCUT2D eigenvalue weighted by Gasteiger charge is -2.21. The van der Waals surface area contributed by atoms with Crippen LogP contribution in [0.3, 0.4) is 0 Å². The quantitative estimate of drug-likeness (QED) is 0.629. The van der Waals surface area contributed by atoms with Crippen LogP contribution in [-0.2, 0) is 11.3 Å². The maximum Gasteiger partial charge on any atom is 0.191 e. The molecule has 2 rings (SSSR count). The van der Waals surface area contributed by atoms with Crippen LogP contribution >= 0.6 is 0 Å². The number of hydrogen-bond donors (Lipinski definition) is 2. The molecule has 0 amide bonds. The number of nitrogens with one attached hydrogen (secondary N) is 2. The first-order chi connectivity index (χ1) is 8.88. The number of hydrogen-bond acceptors (Lipinski definition) is 3. The normalized spacial score (nSPS) is 19.4. The maximum atomic E-state index is 5.48. The number of aliphatic imine (C=N–C) groups is 1. The molecule has 0 saturated heterocycles. The van der Waals surface area contributed by atoms with Gasteiger partial charge in [0.1, 0.15) is 11.9 Å². The fraction of sp³-hybridized carbons (Fsp3) is 0.462. The first-order valence-corrected chi connectivity index (χ1v) is 6.16. The van der Waals surface area contributed by atoms with Crippen molar-refractivity contribution in [1.29, 1.82) is 0 Å². The van der Waals surface area contributed by atoms with E-state index in [2.05, 4.69) is 15.6 Å². The lowest BCUT2D eigenvalue weighted by Crippen LogP contribution is -2.41. The molecular formula is C13H19N3O2. The summed E-state index contributed by atoms with van der Waals surface area (Å²) in [4.78, 5) is 4.15. The molecule has 98 valence electrons. The summed E-state index contributed by atoms with van der Waals surface area (Å²) >= 11 is 0. The number of ether oxygens (including phenoxy) is 1. The van der Waals surface area contributed by atoms with Gasteiger partial charge in [-0.1, -0.05) is 0 Å². The summed E-state index contributed by atoms with van der Waals surface area (Å²) in [5, 5.41) is 6.42. The van der Waals surface area contributed by atoms with Crippen molar-refractivity contribution in [3.63, 3.8) is 0 Å². The second-order valence-corrected chi connectivity index (χ2v) is 4.09. The van der Waals surface area contributed by atoms with E-state index in [0.717, 1.165) is 31.1 Å². The minimum atomic E-state index is 0.220. The van der Waals surface area contributed by atoms with Gasteiger partial charge in [0.2, 0.25) is 0 Å². The molecule has 18 heavy (non-hydrogen) atoms.